The Bertz CT molecular complexity index is 270. The summed E-state index contributed by atoms with van der Waals surface area (Å²) in [6.45, 7) is 1.79. The van der Waals surface area contributed by atoms with Crippen LogP contribution in [-0.2, 0) is 4.79 Å². The number of likely N-dealkylation sites (tertiary alicyclic amines) is 1. The predicted octanol–water partition coefficient (Wildman–Crippen LogP) is 1.08. The van der Waals surface area contributed by atoms with Gasteiger partial charge in [0.05, 0.1) is 0 Å². The summed E-state index contributed by atoms with van der Waals surface area (Å²) < 4.78 is 49.4. The number of nitrogens with zero attached hydrogens (tertiary/aromatic N) is 1. The average molecular weight is 242 g/mol. The molecule has 0 aromatic carbocycles. The minimum Gasteiger partial charge on any atom is -0.337 e. The lowest BCUT2D eigenvalue weighted by Gasteiger charge is -2.23. The van der Waals surface area contributed by atoms with Crippen LogP contribution in [0.3, 0.4) is 0 Å². The lowest BCUT2D eigenvalue weighted by Crippen LogP contribution is -2.47. The minimum absolute atomic E-state index is 0.0266. The molecule has 1 fully saturated rings. The van der Waals surface area contributed by atoms with Crippen LogP contribution in [0.5, 0.6) is 0 Å². The van der Waals surface area contributed by atoms with Crippen LogP contribution >= 0.6 is 0 Å². The van der Waals surface area contributed by atoms with Gasteiger partial charge in [-0.1, -0.05) is 0 Å². The fourth-order valence-corrected chi connectivity index (χ4v) is 1.71. The fraction of sp³-hybridized carbons (Fsp3) is 0.889. The van der Waals surface area contributed by atoms with E-state index in [9.17, 15) is 22.4 Å². The summed E-state index contributed by atoms with van der Waals surface area (Å²) in [5, 5.41) is 0. The van der Waals surface area contributed by atoms with Gasteiger partial charge in [0.1, 0.15) is 0 Å². The molecule has 1 aliphatic heterocycles. The SMILES string of the molecule is CC(N)C1CCN(C(=O)C(F)(F)C(F)F)C1. The average Bonchev–Trinajstić information content (AvgIpc) is 2.64. The largest absolute Gasteiger partial charge is 0.383 e. The molecule has 0 spiro atoms. The normalized spacial score (nSPS) is 23.9. The van der Waals surface area contributed by atoms with Gasteiger partial charge in [-0.25, -0.2) is 8.78 Å². The minimum atomic E-state index is -4.59. The molecule has 1 saturated heterocycles. The van der Waals surface area contributed by atoms with E-state index in [1.807, 2.05) is 0 Å². The van der Waals surface area contributed by atoms with Crippen LogP contribution in [0.2, 0.25) is 0 Å². The van der Waals surface area contributed by atoms with Gasteiger partial charge in [-0.15, -0.1) is 0 Å². The molecule has 0 bridgehead atoms. The first-order valence-electron chi connectivity index (χ1n) is 4.97. The van der Waals surface area contributed by atoms with Crippen molar-refractivity contribution >= 4 is 5.91 Å². The number of alkyl halides is 4. The van der Waals surface area contributed by atoms with Gasteiger partial charge in [-0.2, -0.15) is 8.78 Å². The van der Waals surface area contributed by atoms with Crippen LogP contribution in [0, 0.1) is 5.92 Å². The summed E-state index contributed by atoms with van der Waals surface area (Å²) >= 11 is 0. The molecule has 0 aromatic rings. The molecule has 0 aliphatic carbocycles. The molecule has 1 aliphatic rings. The maximum Gasteiger partial charge on any atom is 0.383 e. The smallest absolute Gasteiger partial charge is 0.337 e. The molecule has 0 radical (unpaired) electrons. The van der Waals surface area contributed by atoms with Crippen molar-refractivity contribution in [2.75, 3.05) is 13.1 Å². The highest BCUT2D eigenvalue weighted by Gasteiger charge is 2.52. The number of carbonyl (C=O) groups excluding carboxylic acids is 1. The molecule has 1 amide bonds. The molecular formula is C9H14F4N2O. The topological polar surface area (TPSA) is 46.3 Å². The third-order valence-corrected chi connectivity index (χ3v) is 2.81. The van der Waals surface area contributed by atoms with Crippen molar-refractivity contribution in [3.05, 3.63) is 0 Å². The molecule has 2 unspecified atom stereocenters. The van der Waals surface area contributed by atoms with Crippen LogP contribution in [0.15, 0.2) is 0 Å². The van der Waals surface area contributed by atoms with Crippen LogP contribution < -0.4 is 5.73 Å². The Labute approximate surface area is 90.6 Å². The number of rotatable bonds is 3. The van der Waals surface area contributed by atoms with E-state index in [2.05, 4.69) is 0 Å². The third kappa shape index (κ3) is 2.45. The Morgan fingerprint density at radius 3 is 2.44 bits per heavy atom. The lowest BCUT2D eigenvalue weighted by molar-refractivity contribution is -0.179. The molecule has 1 rings (SSSR count). The molecule has 94 valence electrons. The zero-order chi connectivity index (χ0) is 12.5. The number of nitrogens with two attached hydrogens (primary N) is 1. The molecule has 0 saturated carbocycles. The third-order valence-electron chi connectivity index (χ3n) is 2.81. The Morgan fingerprint density at radius 1 is 1.50 bits per heavy atom. The predicted molar refractivity (Wildman–Crippen MR) is 49.3 cm³/mol. The van der Waals surface area contributed by atoms with Gasteiger partial charge >= 0.3 is 12.3 Å². The first-order valence-corrected chi connectivity index (χ1v) is 4.97. The number of halogens is 4. The van der Waals surface area contributed by atoms with Gasteiger partial charge in [0.15, 0.2) is 0 Å². The number of hydrogen-bond donors (Lipinski definition) is 1. The molecule has 1 heterocycles. The zero-order valence-corrected chi connectivity index (χ0v) is 8.80. The van der Waals surface area contributed by atoms with Crippen LogP contribution in [0.1, 0.15) is 13.3 Å². The number of hydrogen-bond acceptors (Lipinski definition) is 2. The van der Waals surface area contributed by atoms with Crippen molar-refractivity contribution in [3.63, 3.8) is 0 Å². The van der Waals surface area contributed by atoms with E-state index < -0.39 is 18.3 Å². The van der Waals surface area contributed by atoms with E-state index in [1.54, 1.807) is 6.92 Å². The van der Waals surface area contributed by atoms with Gasteiger partial charge < -0.3 is 10.6 Å². The summed E-state index contributed by atoms with van der Waals surface area (Å²) in [6.07, 6.45) is -3.49. The Hall–Kier alpha value is -0.850. The quantitative estimate of drug-likeness (QED) is 0.753. The monoisotopic (exact) mass is 242 g/mol. The van der Waals surface area contributed by atoms with Crippen LogP contribution in [0.25, 0.3) is 0 Å². The van der Waals surface area contributed by atoms with Crippen molar-refractivity contribution in [1.29, 1.82) is 0 Å². The summed E-state index contributed by atoms with van der Waals surface area (Å²) in [5.74, 6) is -6.49. The molecule has 16 heavy (non-hydrogen) atoms. The second kappa shape index (κ2) is 4.57. The van der Waals surface area contributed by atoms with E-state index in [1.165, 1.54) is 0 Å². The summed E-state index contributed by atoms with van der Waals surface area (Å²) in [6, 6.07) is -0.238. The molecular weight excluding hydrogens is 228 g/mol. The van der Waals surface area contributed by atoms with E-state index in [0.29, 0.717) is 6.42 Å². The van der Waals surface area contributed by atoms with Gasteiger partial charge in [0.25, 0.3) is 5.91 Å². The highest BCUT2D eigenvalue weighted by atomic mass is 19.3. The van der Waals surface area contributed by atoms with E-state index >= 15 is 0 Å². The highest BCUT2D eigenvalue weighted by molar-refractivity contribution is 5.84. The van der Waals surface area contributed by atoms with Crippen molar-refractivity contribution < 1.29 is 22.4 Å². The van der Waals surface area contributed by atoms with E-state index in [0.717, 1.165) is 4.90 Å². The second-order valence-corrected chi connectivity index (χ2v) is 4.08. The van der Waals surface area contributed by atoms with Gasteiger partial charge in [-0.3, -0.25) is 4.79 Å². The summed E-state index contributed by atoms with van der Waals surface area (Å²) in [5.41, 5.74) is 5.56. The Morgan fingerprint density at radius 2 is 2.06 bits per heavy atom. The van der Waals surface area contributed by atoms with Crippen molar-refractivity contribution in [3.8, 4) is 0 Å². The second-order valence-electron chi connectivity index (χ2n) is 4.08. The van der Waals surface area contributed by atoms with Crippen molar-refractivity contribution in [1.82, 2.24) is 4.90 Å². The Balaban J connectivity index is 2.64. The summed E-state index contributed by atoms with van der Waals surface area (Å²) in [7, 11) is 0. The molecule has 2 atom stereocenters. The fourth-order valence-electron chi connectivity index (χ4n) is 1.71. The van der Waals surface area contributed by atoms with Crippen molar-refractivity contribution in [2.45, 2.75) is 31.7 Å². The molecule has 0 aromatic heterocycles. The van der Waals surface area contributed by atoms with Gasteiger partial charge in [0.2, 0.25) is 0 Å². The van der Waals surface area contributed by atoms with Crippen LogP contribution in [-0.4, -0.2) is 42.3 Å². The Kier molecular flexibility index (Phi) is 3.77. The van der Waals surface area contributed by atoms with Crippen molar-refractivity contribution in [2.24, 2.45) is 11.7 Å². The first kappa shape index (κ1) is 13.2. The molecule has 2 N–H and O–H groups in total. The van der Waals surface area contributed by atoms with Gasteiger partial charge in [-0.05, 0) is 19.3 Å². The molecule has 3 nitrogen and oxygen atoms in total. The van der Waals surface area contributed by atoms with E-state index in [-0.39, 0.29) is 25.0 Å². The maximum atomic E-state index is 12.7. The lowest BCUT2D eigenvalue weighted by atomic mass is 10.0. The van der Waals surface area contributed by atoms with Gasteiger partial charge in [0, 0.05) is 19.1 Å². The number of carbonyl (C=O) groups is 1. The maximum absolute atomic E-state index is 12.7. The standard InChI is InChI=1S/C9H14F4N2O/c1-5(14)6-2-3-15(4-6)8(16)9(12,13)7(10)11/h5-7H,2-4,14H2,1H3. The number of amides is 1. The first-order chi connectivity index (χ1) is 7.26. The highest BCUT2D eigenvalue weighted by Crippen LogP contribution is 2.28. The van der Waals surface area contributed by atoms with E-state index in [4.69, 9.17) is 5.73 Å². The summed E-state index contributed by atoms with van der Waals surface area (Å²) in [4.78, 5) is 11.9. The molecule has 7 heteroatoms. The van der Waals surface area contributed by atoms with Crippen LogP contribution in [0.4, 0.5) is 17.6 Å². The zero-order valence-electron chi connectivity index (χ0n) is 8.80.